The van der Waals surface area contributed by atoms with Crippen molar-refractivity contribution < 1.29 is 9.53 Å². The molecule has 0 saturated carbocycles. The van der Waals surface area contributed by atoms with Gasteiger partial charge in [-0.2, -0.15) is 0 Å². The first-order valence-electron chi connectivity index (χ1n) is 8.30. The van der Waals surface area contributed by atoms with Crippen molar-refractivity contribution in [3.63, 3.8) is 0 Å². The summed E-state index contributed by atoms with van der Waals surface area (Å²) in [4.78, 5) is 12.1. The van der Waals surface area contributed by atoms with Crippen LogP contribution in [0.5, 0.6) is 5.75 Å². The predicted octanol–water partition coefficient (Wildman–Crippen LogP) is 4.35. The van der Waals surface area contributed by atoms with Crippen molar-refractivity contribution in [2.45, 2.75) is 13.8 Å². The molecule has 0 radical (unpaired) electrons. The Labute approximate surface area is 158 Å². The van der Waals surface area contributed by atoms with Gasteiger partial charge in [0.15, 0.2) is 11.7 Å². The first kappa shape index (κ1) is 17.9. The number of hydrogen-bond donors (Lipinski definition) is 2. The average molecular weight is 364 g/mol. The van der Waals surface area contributed by atoms with E-state index in [0.717, 1.165) is 27.6 Å². The van der Waals surface area contributed by atoms with Gasteiger partial charge in [-0.05, 0) is 72.2 Å². The number of fused-ring (bicyclic) bond motifs is 1. The summed E-state index contributed by atoms with van der Waals surface area (Å²) in [5, 5.41) is 8.10. The van der Waals surface area contributed by atoms with Crippen LogP contribution in [-0.2, 0) is 4.79 Å². The molecule has 0 aliphatic carbocycles. The molecule has 3 aromatic carbocycles. The Morgan fingerprint density at radius 2 is 1.65 bits per heavy atom. The molecule has 0 aliphatic rings. The Kier molecular flexibility index (Phi) is 5.49. The number of carbonyl (C=O) groups excluding carboxylic acids is 1. The number of carbonyl (C=O) groups is 1. The van der Waals surface area contributed by atoms with Crippen molar-refractivity contribution in [3.8, 4) is 5.75 Å². The van der Waals surface area contributed by atoms with Gasteiger partial charge in [-0.25, -0.2) is 0 Å². The van der Waals surface area contributed by atoms with Crippen LogP contribution >= 0.6 is 12.2 Å². The highest BCUT2D eigenvalue weighted by Crippen LogP contribution is 2.20. The molecule has 5 heteroatoms. The minimum Gasteiger partial charge on any atom is -0.484 e. The van der Waals surface area contributed by atoms with Crippen LogP contribution in [0.2, 0.25) is 0 Å². The molecule has 0 atom stereocenters. The van der Waals surface area contributed by atoms with E-state index in [1.165, 1.54) is 0 Å². The Bertz CT molecular complexity index is 949. The van der Waals surface area contributed by atoms with Gasteiger partial charge in [-0.15, -0.1) is 0 Å². The molecule has 0 bridgehead atoms. The number of nitrogens with one attached hydrogen (secondary N) is 2. The number of benzene rings is 3. The predicted molar refractivity (Wildman–Crippen MR) is 110 cm³/mol. The Morgan fingerprint density at radius 1 is 0.962 bits per heavy atom. The van der Waals surface area contributed by atoms with Crippen molar-refractivity contribution in [3.05, 3.63) is 71.8 Å². The van der Waals surface area contributed by atoms with E-state index in [2.05, 4.69) is 16.7 Å². The SMILES string of the molecule is Cc1cc(C)cc(NC(=S)NC(=O)COc2ccc3ccccc3c2)c1. The number of amides is 1. The van der Waals surface area contributed by atoms with Crippen molar-refractivity contribution in [1.29, 1.82) is 0 Å². The minimum atomic E-state index is -0.306. The zero-order valence-electron chi connectivity index (χ0n) is 14.7. The van der Waals surface area contributed by atoms with E-state index in [9.17, 15) is 4.79 Å². The van der Waals surface area contributed by atoms with E-state index < -0.39 is 0 Å². The summed E-state index contributed by atoms with van der Waals surface area (Å²) >= 11 is 5.19. The van der Waals surface area contributed by atoms with E-state index in [1.54, 1.807) is 0 Å². The van der Waals surface area contributed by atoms with E-state index in [1.807, 2.05) is 68.4 Å². The number of aryl methyl sites for hydroxylation is 2. The smallest absolute Gasteiger partial charge is 0.264 e. The molecule has 132 valence electrons. The Hall–Kier alpha value is -2.92. The van der Waals surface area contributed by atoms with Gasteiger partial charge < -0.3 is 10.1 Å². The van der Waals surface area contributed by atoms with Gasteiger partial charge in [0.05, 0.1) is 0 Å². The average Bonchev–Trinajstić information content (AvgIpc) is 2.58. The lowest BCUT2D eigenvalue weighted by atomic mass is 10.1. The zero-order chi connectivity index (χ0) is 18.5. The fourth-order valence-electron chi connectivity index (χ4n) is 2.78. The fourth-order valence-corrected chi connectivity index (χ4v) is 3.01. The summed E-state index contributed by atoms with van der Waals surface area (Å²) in [5.74, 6) is 0.340. The third-order valence-corrected chi connectivity index (χ3v) is 4.03. The lowest BCUT2D eigenvalue weighted by molar-refractivity contribution is -0.121. The van der Waals surface area contributed by atoms with E-state index in [-0.39, 0.29) is 17.6 Å². The highest BCUT2D eigenvalue weighted by molar-refractivity contribution is 7.80. The Morgan fingerprint density at radius 3 is 2.38 bits per heavy atom. The normalized spacial score (nSPS) is 10.4. The van der Waals surface area contributed by atoms with Gasteiger partial charge in [0.25, 0.3) is 5.91 Å². The third kappa shape index (κ3) is 4.80. The van der Waals surface area contributed by atoms with E-state index in [4.69, 9.17) is 17.0 Å². The molecule has 26 heavy (non-hydrogen) atoms. The largest absolute Gasteiger partial charge is 0.484 e. The second-order valence-electron chi connectivity index (χ2n) is 6.18. The molecule has 0 spiro atoms. The molecule has 4 nitrogen and oxygen atoms in total. The van der Waals surface area contributed by atoms with Crippen LogP contribution < -0.4 is 15.4 Å². The molecule has 3 aromatic rings. The summed E-state index contributed by atoms with van der Waals surface area (Å²) < 4.78 is 5.57. The van der Waals surface area contributed by atoms with Gasteiger partial charge in [-0.3, -0.25) is 10.1 Å². The summed E-state index contributed by atoms with van der Waals surface area (Å²) in [5.41, 5.74) is 3.10. The number of hydrogen-bond acceptors (Lipinski definition) is 3. The standard InChI is InChI=1S/C21H20N2O2S/c1-14-9-15(2)11-18(10-14)22-21(26)23-20(24)13-25-19-8-7-16-5-3-4-6-17(16)12-19/h3-12H,13H2,1-2H3,(H2,22,23,24,26). The highest BCUT2D eigenvalue weighted by atomic mass is 32.1. The van der Waals surface area contributed by atoms with Gasteiger partial charge in [0.2, 0.25) is 0 Å². The topological polar surface area (TPSA) is 50.4 Å². The van der Waals surface area contributed by atoms with Crippen LogP contribution in [0.3, 0.4) is 0 Å². The molecular weight excluding hydrogens is 344 g/mol. The van der Waals surface area contributed by atoms with Crippen molar-refractivity contribution >= 4 is 39.7 Å². The molecule has 2 N–H and O–H groups in total. The van der Waals surface area contributed by atoms with Crippen LogP contribution in [-0.4, -0.2) is 17.6 Å². The molecule has 0 saturated heterocycles. The Balaban J connectivity index is 1.53. The number of rotatable bonds is 4. The molecule has 0 unspecified atom stereocenters. The van der Waals surface area contributed by atoms with Crippen LogP contribution in [0.15, 0.2) is 60.7 Å². The second kappa shape index (κ2) is 7.97. The van der Waals surface area contributed by atoms with E-state index >= 15 is 0 Å². The quantitative estimate of drug-likeness (QED) is 0.676. The van der Waals surface area contributed by atoms with Crippen molar-refractivity contribution in [1.82, 2.24) is 5.32 Å². The molecule has 3 rings (SSSR count). The highest BCUT2D eigenvalue weighted by Gasteiger charge is 2.07. The van der Waals surface area contributed by atoms with Gasteiger partial charge in [0, 0.05) is 5.69 Å². The molecule has 0 heterocycles. The van der Waals surface area contributed by atoms with Crippen molar-refractivity contribution in [2.75, 3.05) is 11.9 Å². The maximum absolute atomic E-state index is 12.1. The molecule has 0 aliphatic heterocycles. The number of anilines is 1. The zero-order valence-corrected chi connectivity index (χ0v) is 15.5. The molecular formula is C21H20N2O2S. The number of ether oxygens (including phenoxy) is 1. The summed E-state index contributed by atoms with van der Waals surface area (Å²) in [7, 11) is 0. The molecule has 1 amide bonds. The first-order valence-corrected chi connectivity index (χ1v) is 8.71. The minimum absolute atomic E-state index is 0.104. The summed E-state index contributed by atoms with van der Waals surface area (Å²) in [6.07, 6.45) is 0. The summed E-state index contributed by atoms with van der Waals surface area (Å²) in [6, 6.07) is 19.7. The monoisotopic (exact) mass is 364 g/mol. The van der Waals surface area contributed by atoms with Crippen LogP contribution in [0.4, 0.5) is 5.69 Å². The van der Waals surface area contributed by atoms with Gasteiger partial charge >= 0.3 is 0 Å². The van der Waals surface area contributed by atoms with Gasteiger partial charge in [0.1, 0.15) is 5.75 Å². The second-order valence-corrected chi connectivity index (χ2v) is 6.58. The molecule has 0 aromatic heterocycles. The molecule has 0 fully saturated rings. The maximum atomic E-state index is 12.1. The van der Waals surface area contributed by atoms with Crippen molar-refractivity contribution in [2.24, 2.45) is 0 Å². The van der Waals surface area contributed by atoms with Crippen LogP contribution in [0.1, 0.15) is 11.1 Å². The lowest BCUT2D eigenvalue weighted by Gasteiger charge is -2.12. The van der Waals surface area contributed by atoms with Crippen LogP contribution in [0.25, 0.3) is 10.8 Å². The van der Waals surface area contributed by atoms with E-state index in [0.29, 0.717) is 5.75 Å². The maximum Gasteiger partial charge on any atom is 0.264 e. The van der Waals surface area contributed by atoms with Crippen LogP contribution in [0, 0.1) is 13.8 Å². The van der Waals surface area contributed by atoms with Gasteiger partial charge in [-0.1, -0.05) is 36.4 Å². The summed E-state index contributed by atoms with van der Waals surface area (Å²) in [6.45, 7) is 3.92. The fraction of sp³-hybridized carbons (Fsp3) is 0.143. The first-order chi connectivity index (χ1) is 12.5. The third-order valence-electron chi connectivity index (χ3n) is 3.82. The lowest BCUT2D eigenvalue weighted by Crippen LogP contribution is -2.37. The number of thiocarbonyl (C=S) groups is 1.